The third-order valence-corrected chi connectivity index (χ3v) is 9.74. The van der Waals surface area contributed by atoms with Crippen LogP contribution in [0.4, 0.5) is 11.4 Å². The lowest BCUT2D eigenvalue weighted by Gasteiger charge is -2.20. The van der Waals surface area contributed by atoms with Crippen LogP contribution >= 0.6 is 0 Å². The Morgan fingerprint density at radius 1 is 0.833 bits per heavy atom. The normalized spacial score (nSPS) is 14.4. The van der Waals surface area contributed by atoms with Crippen molar-refractivity contribution in [3.05, 3.63) is 78.4 Å². The molecule has 4 rings (SSSR count). The van der Waals surface area contributed by atoms with Gasteiger partial charge in [0.1, 0.15) is 5.75 Å². The molecule has 0 atom stereocenters. The van der Waals surface area contributed by atoms with Crippen molar-refractivity contribution < 1.29 is 26.4 Å². The van der Waals surface area contributed by atoms with Gasteiger partial charge >= 0.3 is 0 Å². The first-order valence-corrected chi connectivity index (χ1v) is 14.2. The van der Waals surface area contributed by atoms with Gasteiger partial charge in [0.15, 0.2) is 0 Å². The summed E-state index contributed by atoms with van der Waals surface area (Å²) in [4.78, 5) is 13.0. The zero-order valence-corrected chi connectivity index (χ0v) is 21.6. The number of nitrogens with zero attached hydrogens (tertiary/aromatic N) is 2. The van der Waals surface area contributed by atoms with E-state index in [-0.39, 0.29) is 9.79 Å². The minimum Gasteiger partial charge on any atom is -0.497 e. The molecule has 36 heavy (non-hydrogen) atoms. The molecule has 1 N–H and O–H groups in total. The second-order valence-electron chi connectivity index (χ2n) is 8.28. The molecule has 11 heteroatoms. The van der Waals surface area contributed by atoms with E-state index in [1.54, 1.807) is 36.4 Å². The molecule has 0 saturated carbocycles. The topological polar surface area (TPSA) is 113 Å². The quantitative estimate of drug-likeness (QED) is 0.478. The number of hydrogen-bond donors (Lipinski definition) is 1. The molecule has 0 radical (unpaired) electrons. The number of benzene rings is 3. The molecular formula is C25H27N3O6S2. The summed E-state index contributed by atoms with van der Waals surface area (Å²) in [6, 6.07) is 18.3. The van der Waals surface area contributed by atoms with Crippen molar-refractivity contribution >= 4 is 37.3 Å². The van der Waals surface area contributed by atoms with Gasteiger partial charge in [-0.25, -0.2) is 16.8 Å². The average molecular weight is 530 g/mol. The first kappa shape index (κ1) is 25.7. The predicted molar refractivity (Wildman–Crippen MR) is 137 cm³/mol. The molecule has 3 aromatic carbocycles. The summed E-state index contributed by atoms with van der Waals surface area (Å²) in [5, 5.41) is 2.73. The van der Waals surface area contributed by atoms with Crippen molar-refractivity contribution in [3.8, 4) is 5.75 Å². The van der Waals surface area contributed by atoms with Gasteiger partial charge in [-0.2, -0.15) is 4.31 Å². The SMILES string of the molecule is COc1ccc(S(=O)(=O)N(C)c2ccc(C(=O)Nc3ccc(S(=O)(=O)N4CCCC4)cc3)cc2)cc1. The van der Waals surface area contributed by atoms with Gasteiger partial charge < -0.3 is 10.1 Å². The highest BCUT2D eigenvalue weighted by molar-refractivity contribution is 7.92. The van der Waals surface area contributed by atoms with E-state index in [1.165, 1.54) is 54.9 Å². The molecule has 1 heterocycles. The van der Waals surface area contributed by atoms with Crippen LogP contribution in [0.5, 0.6) is 5.75 Å². The van der Waals surface area contributed by atoms with Crippen LogP contribution in [0.2, 0.25) is 0 Å². The van der Waals surface area contributed by atoms with Gasteiger partial charge in [0, 0.05) is 31.4 Å². The van der Waals surface area contributed by atoms with Gasteiger partial charge in [0.2, 0.25) is 10.0 Å². The molecule has 190 valence electrons. The van der Waals surface area contributed by atoms with Crippen molar-refractivity contribution in [3.63, 3.8) is 0 Å². The van der Waals surface area contributed by atoms with Crippen LogP contribution in [0.1, 0.15) is 23.2 Å². The van der Waals surface area contributed by atoms with Crippen molar-refractivity contribution in [1.82, 2.24) is 4.31 Å². The van der Waals surface area contributed by atoms with Crippen LogP contribution in [0, 0.1) is 0 Å². The largest absolute Gasteiger partial charge is 0.497 e. The van der Waals surface area contributed by atoms with Crippen LogP contribution in [-0.2, 0) is 20.0 Å². The Labute approximate surface area is 211 Å². The highest BCUT2D eigenvalue weighted by atomic mass is 32.2. The number of ether oxygens (including phenoxy) is 1. The zero-order chi connectivity index (χ0) is 25.9. The predicted octanol–water partition coefficient (Wildman–Crippen LogP) is 3.56. The van der Waals surface area contributed by atoms with Gasteiger partial charge in [-0.3, -0.25) is 9.10 Å². The smallest absolute Gasteiger partial charge is 0.264 e. The van der Waals surface area contributed by atoms with E-state index in [0.29, 0.717) is 35.8 Å². The van der Waals surface area contributed by atoms with Crippen molar-refractivity contribution in [2.75, 3.05) is 36.9 Å². The second-order valence-corrected chi connectivity index (χ2v) is 12.2. The average Bonchev–Trinajstić information content (AvgIpc) is 3.45. The van der Waals surface area contributed by atoms with E-state index >= 15 is 0 Å². The Balaban J connectivity index is 1.43. The highest BCUT2D eigenvalue weighted by Gasteiger charge is 2.27. The minimum atomic E-state index is -3.80. The summed E-state index contributed by atoms with van der Waals surface area (Å²) in [6.45, 7) is 1.04. The van der Waals surface area contributed by atoms with E-state index in [9.17, 15) is 21.6 Å². The molecule has 1 aliphatic heterocycles. The van der Waals surface area contributed by atoms with E-state index in [2.05, 4.69) is 5.32 Å². The summed E-state index contributed by atoms with van der Waals surface area (Å²) in [7, 11) is -4.38. The molecule has 9 nitrogen and oxygen atoms in total. The monoisotopic (exact) mass is 529 g/mol. The maximum absolute atomic E-state index is 12.9. The number of methoxy groups -OCH3 is 1. The maximum Gasteiger partial charge on any atom is 0.264 e. The fourth-order valence-corrected chi connectivity index (χ4v) is 6.57. The number of carbonyl (C=O) groups excluding carboxylic acids is 1. The number of rotatable bonds is 8. The van der Waals surface area contributed by atoms with E-state index in [1.807, 2.05) is 0 Å². The lowest BCUT2D eigenvalue weighted by Crippen LogP contribution is -2.27. The maximum atomic E-state index is 12.9. The van der Waals surface area contributed by atoms with Gasteiger partial charge in [-0.1, -0.05) is 0 Å². The molecule has 1 amide bonds. The number of hydrogen-bond acceptors (Lipinski definition) is 6. The molecule has 1 saturated heterocycles. The van der Waals surface area contributed by atoms with Gasteiger partial charge in [0.05, 0.1) is 22.6 Å². The third-order valence-electron chi connectivity index (χ3n) is 6.03. The Morgan fingerprint density at radius 2 is 1.39 bits per heavy atom. The highest BCUT2D eigenvalue weighted by Crippen LogP contribution is 2.25. The molecule has 0 bridgehead atoms. The van der Waals surface area contributed by atoms with E-state index in [0.717, 1.165) is 17.1 Å². The molecule has 0 unspecified atom stereocenters. The van der Waals surface area contributed by atoms with Gasteiger partial charge in [0.25, 0.3) is 15.9 Å². The summed E-state index contributed by atoms with van der Waals surface area (Å²) in [6.07, 6.45) is 1.71. The number of anilines is 2. The number of nitrogens with one attached hydrogen (secondary N) is 1. The summed E-state index contributed by atoms with van der Waals surface area (Å²) >= 11 is 0. The first-order chi connectivity index (χ1) is 17.1. The van der Waals surface area contributed by atoms with Gasteiger partial charge in [-0.05, 0) is 85.6 Å². The van der Waals surface area contributed by atoms with Crippen LogP contribution < -0.4 is 14.4 Å². The second kappa shape index (κ2) is 10.3. The van der Waals surface area contributed by atoms with Crippen LogP contribution in [0.25, 0.3) is 0 Å². The summed E-state index contributed by atoms with van der Waals surface area (Å²) < 4.78 is 58.8. The van der Waals surface area contributed by atoms with Crippen molar-refractivity contribution in [2.45, 2.75) is 22.6 Å². The molecule has 1 aliphatic rings. The lowest BCUT2D eigenvalue weighted by molar-refractivity contribution is 0.102. The molecule has 0 aromatic heterocycles. The Morgan fingerprint density at radius 3 is 1.94 bits per heavy atom. The van der Waals surface area contributed by atoms with Crippen molar-refractivity contribution in [2.24, 2.45) is 0 Å². The zero-order valence-electron chi connectivity index (χ0n) is 19.9. The fraction of sp³-hybridized carbons (Fsp3) is 0.240. The van der Waals surface area contributed by atoms with Gasteiger partial charge in [-0.15, -0.1) is 0 Å². The van der Waals surface area contributed by atoms with Crippen LogP contribution in [0.3, 0.4) is 0 Å². The standard InChI is InChI=1S/C25H27N3O6S2/c1-27(35(30,31)23-15-11-22(34-2)12-16-23)21-9-5-19(6-10-21)25(29)26-20-7-13-24(14-8-20)36(32,33)28-17-3-4-18-28/h5-16H,3-4,17-18H2,1-2H3,(H,26,29). The first-order valence-electron chi connectivity index (χ1n) is 11.3. The number of sulfonamides is 2. The number of amides is 1. The van der Waals surface area contributed by atoms with E-state index < -0.39 is 26.0 Å². The molecule has 3 aromatic rings. The molecule has 0 aliphatic carbocycles. The van der Waals surface area contributed by atoms with Crippen LogP contribution in [0.15, 0.2) is 82.6 Å². The number of carbonyl (C=O) groups is 1. The fourth-order valence-electron chi connectivity index (χ4n) is 3.86. The Hall–Kier alpha value is -3.41. The Kier molecular flexibility index (Phi) is 7.34. The van der Waals surface area contributed by atoms with Crippen molar-refractivity contribution in [1.29, 1.82) is 0 Å². The molecule has 1 fully saturated rings. The summed E-state index contributed by atoms with van der Waals surface area (Å²) in [5.41, 5.74) is 1.16. The van der Waals surface area contributed by atoms with E-state index in [4.69, 9.17) is 4.74 Å². The third kappa shape index (κ3) is 5.23. The Bertz CT molecular complexity index is 1430. The molecular weight excluding hydrogens is 502 g/mol. The van der Waals surface area contributed by atoms with Crippen LogP contribution in [-0.4, -0.2) is 54.3 Å². The minimum absolute atomic E-state index is 0.114. The lowest BCUT2D eigenvalue weighted by atomic mass is 10.2. The molecule has 0 spiro atoms. The summed E-state index contributed by atoms with van der Waals surface area (Å²) in [5.74, 6) is 0.146.